The fraction of sp³-hybridized carbons (Fsp3) is 0.333. The fourth-order valence-corrected chi connectivity index (χ4v) is 2.52. The zero-order valence-electron chi connectivity index (χ0n) is 16.5. The van der Waals surface area contributed by atoms with Gasteiger partial charge in [0.05, 0.1) is 23.3 Å². The van der Waals surface area contributed by atoms with Crippen molar-refractivity contribution in [3.63, 3.8) is 0 Å². The molecule has 2 rings (SSSR count). The van der Waals surface area contributed by atoms with E-state index in [1.165, 1.54) is 0 Å². The first-order chi connectivity index (χ1) is 12.8. The SMILES string of the molecule is CCN(C)C=Nc1cc(C)c(C(=O)OCc2cc(NO)ccc2C)cc1C. The number of carbonyl (C=O) groups excluding carboxylic acids is 1. The van der Waals surface area contributed by atoms with E-state index in [1.54, 1.807) is 18.5 Å². The van der Waals surface area contributed by atoms with Gasteiger partial charge in [-0.15, -0.1) is 0 Å². The molecule has 27 heavy (non-hydrogen) atoms. The Balaban J connectivity index is 2.15. The summed E-state index contributed by atoms with van der Waals surface area (Å²) in [5, 5.41) is 9.02. The molecular formula is C21H27N3O3. The van der Waals surface area contributed by atoms with Gasteiger partial charge in [0, 0.05) is 13.6 Å². The maximum atomic E-state index is 12.5. The Labute approximate surface area is 160 Å². The first kappa shape index (κ1) is 20.5. The van der Waals surface area contributed by atoms with Gasteiger partial charge in [0.15, 0.2) is 0 Å². The highest BCUT2D eigenvalue weighted by molar-refractivity contribution is 5.92. The van der Waals surface area contributed by atoms with Crippen molar-refractivity contribution >= 4 is 23.7 Å². The van der Waals surface area contributed by atoms with Gasteiger partial charge in [0.25, 0.3) is 0 Å². The highest BCUT2D eigenvalue weighted by atomic mass is 16.5. The third-order valence-electron chi connectivity index (χ3n) is 4.49. The highest BCUT2D eigenvalue weighted by Crippen LogP contribution is 2.24. The zero-order valence-corrected chi connectivity index (χ0v) is 16.5. The minimum Gasteiger partial charge on any atom is -0.457 e. The lowest BCUT2D eigenvalue weighted by Crippen LogP contribution is -2.14. The van der Waals surface area contributed by atoms with Gasteiger partial charge in [-0.05, 0) is 74.2 Å². The molecule has 0 heterocycles. The summed E-state index contributed by atoms with van der Waals surface area (Å²) in [5.74, 6) is -0.376. The van der Waals surface area contributed by atoms with E-state index in [9.17, 15) is 4.79 Å². The molecule has 0 spiro atoms. The first-order valence-electron chi connectivity index (χ1n) is 8.88. The van der Waals surface area contributed by atoms with Crippen LogP contribution in [-0.4, -0.2) is 36.0 Å². The molecule has 0 radical (unpaired) electrons. The van der Waals surface area contributed by atoms with Gasteiger partial charge < -0.3 is 9.64 Å². The minimum atomic E-state index is -0.376. The molecule has 0 aliphatic rings. The zero-order chi connectivity index (χ0) is 20.0. The molecule has 2 aromatic carbocycles. The largest absolute Gasteiger partial charge is 0.457 e. The molecule has 0 saturated heterocycles. The molecule has 0 aliphatic carbocycles. The quantitative estimate of drug-likeness (QED) is 0.328. The summed E-state index contributed by atoms with van der Waals surface area (Å²) in [6, 6.07) is 9.08. The molecular weight excluding hydrogens is 342 g/mol. The Kier molecular flexibility index (Phi) is 6.96. The predicted molar refractivity (Wildman–Crippen MR) is 108 cm³/mol. The molecule has 0 amide bonds. The number of benzene rings is 2. The van der Waals surface area contributed by atoms with Crippen LogP contribution in [0.5, 0.6) is 0 Å². The number of hydrogen-bond donors (Lipinski definition) is 2. The molecule has 6 nitrogen and oxygen atoms in total. The van der Waals surface area contributed by atoms with Crippen LogP contribution in [0.3, 0.4) is 0 Å². The Morgan fingerprint density at radius 2 is 1.93 bits per heavy atom. The first-order valence-corrected chi connectivity index (χ1v) is 8.88. The van der Waals surface area contributed by atoms with E-state index in [0.717, 1.165) is 34.5 Å². The van der Waals surface area contributed by atoms with Crippen molar-refractivity contribution in [1.29, 1.82) is 0 Å². The Bertz CT molecular complexity index is 847. The van der Waals surface area contributed by atoms with E-state index < -0.39 is 0 Å². The van der Waals surface area contributed by atoms with Crippen molar-refractivity contribution in [2.45, 2.75) is 34.3 Å². The van der Waals surface area contributed by atoms with Crippen LogP contribution < -0.4 is 5.48 Å². The molecule has 6 heteroatoms. The van der Waals surface area contributed by atoms with Crippen LogP contribution in [0.25, 0.3) is 0 Å². The van der Waals surface area contributed by atoms with Gasteiger partial charge in [0.2, 0.25) is 0 Å². The average molecular weight is 369 g/mol. The summed E-state index contributed by atoms with van der Waals surface area (Å²) in [5.41, 5.74) is 7.58. The van der Waals surface area contributed by atoms with E-state index in [2.05, 4.69) is 17.4 Å². The summed E-state index contributed by atoms with van der Waals surface area (Å²) in [4.78, 5) is 19.0. The van der Waals surface area contributed by atoms with E-state index in [1.807, 2.05) is 50.9 Å². The van der Waals surface area contributed by atoms with Gasteiger partial charge >= 0.3 is 5.97 Å². The van der Waals surface area contributed by atoms with Gasteiger partial charge in [-0.25, -0.2) is 9.79 Å². The third-order valence-corrected chi connectivity index (χ3v) is 4.49. The lowest BCUT2D eigenvalue weighted by molar-refractivity contribution is 0.0471. The number of anilines is 1. The molecule has 0 atom stereocenters. The summed E-state index contributed by atoms with van der Waals surface area (Å²) < 4.78 is 5.49. The Morgan fingerprint density at radius 1 is 1.19 bits per heavy atom. The Hall–Kier alpha value is -2.86. The van der Waals surface area contributed by atoms with E-state index in [-0.39, 0.29) is 12.6 Å². The van der Waals surface area contributed by atoms with Gasteiger partial charge in [0.1, 0.15) is 6.61 Å². The van der Waals surface area contributed by atoms with Crippen LogP contribution in [0.15, 0.2) is 35.3 Å². The second-order valence-electron chi connectivity index (χ2n) is 6.60. The van der Waals surface area contributed by atoms with Crippen LogP contribution >= 0.6 is 0 Å². The maximum absolute atomic E-state index is 12.5. The molecule has 0 bridgehead atoms. The van der Waals surface area contributed by atoms with Crippen molar-refractivity contribution in [3.05, 3.63) is 58.1 Å². The van der Waals surface area contributed by atoms with Crippen molar-refractivity contribution in [2.24, 2.45) is 4.99 Å². The van der Waals surface area contributed by atoms with Crippen LogP contribution in [0.4, 0.5) is 11.4 Å². The predicted octanol–water partition coefficient (Wildman–Crippen LogP) is 4.38. The summed E-state index contributed by atoms with van der Waals surface area (Å²) in [7, 11) is 1.96. The lowest BCUT2D eigenvalue weighted by atomic mass is 10.0. The summed E-state index contributed by atoms with van der Waals surface area (Å²) in [6.07, 6.45) is 1.78. The normalized spacial score (nSPS) is 10.9. The fourth-order valence-electron chi connectivity index (χ4n) is 2.52. The van der Waals surface area contributed by atoms with Crippen LogP contribution in [0.2, 0.25) is 0 Å². The number of nitrogens with one attached hydrogen (secondary N) is 1. The monoisotopic (exact) mass is 369 g/mol. The topological polar surface area (TPSA) is 74.2 Å². The molecule has 0 aromatic heterocycles. The summed E-state index contributed by atoms with van der Waals surface area (Å²) in [6.45, 7) is 8.80. The molecule has 2 aromatic rings. The number of carbonyl (C=O) groups is 1. The lowest BCUT2D eigenvalue weighted by Gasteiger charge is -2.13. The van der Waals surface area contributed by atoms with Crippen LogP contribution in [0.1, 0.15) is 39.5 Å². The van der Waals surface area contributed by atoms with Crippen molar-refractivity contribution in [2.75, 3.05) is 19.1 Å². The molecule has 0 fully saturated rings. The maximum Gasteiger partial charge on any atom is 0.338 e. The van der Waals surface area contributed by atoms with Crippen molar-refractivity contribution < 1.29 is 14.7 Å². The summed E-state index contributed by atoms with van der Waals surface area (Å²) >= 11 is 0. The minimum absolute atomic E-state index is 0.139. The standard InChI is InChI=1S/C21H27N3O3/c1-6-24(5)13-22-20-10-15(3)19(9-16(20)4)21(25)27-12-17-11-18(23-26)8-7-14(17)2/h7-11,13,23,26H,6,12H2,1-5H3. The van der Waals surface area contributed by atoms with Crippen LogP contribution in [0, 0.1) is 20.8 Å². The molecule has 0 aliphatic heterocycles. The number of rotatable bonds is 7. The average Bonchev–Trinajstić information content (AvgIpc) is 2.67. The molecule has 144 valence electrons. The number of ether oxygens (including phenoxy) is 1. The second-order valence-corrected chi connectivity index (χ2v) is 6.60. The molecule has 2 N–H and O–H groups in total. The van der Waals surface area contributed by atoms with E-state index >= 15 is 0 Å². The van der Waals surface area contributed by atoms with Crippen LogP contribution in [-0.2, 0) is 11.3 Å². The smallest absolute Gasteiger partial charge is 0.338 e. The van der Waals surface area contributed by atoms with E-state index in [0.29, 0.717) is 11.3 Å². The highest BCUT2D eigenvalue weighted by Gasteiger charge is 2.14. The van der Waals surface area contributed by atoms with Crippen molar-refractivity contribution in [3.8, 4) is 0 Å². The Morgan fingerprint density at radius 3 is 2.59 bits per heavy atom. The number of hydrogen-bond acceptors (Lipinski definition) is 5. The van der Waals surface area contributed by atoms with Gasteiger partial charge in [-0.1, -0.05) is 6.07 Å². The van der Waals surface area contributed by atoms with E-state index in [4.69, 9.17) is 9.94 Å². The van der Waals surface area contributed by atoms with Gasteiger partial charge in [-0.2, -0.15) is 0 Å². The second kappa shape index (κ2) is 9.19. The van der Waals surface area contributed by atoms with Crippen molar-refractivity contribution in [1.82, 2.24) is 4.90 Å². The number of aryl methyl sites for hydroxylation is 3. The number of esters is 1. The molecule has 0 saturated carbocycles. The third kappa shape index (κ3) is 5.31. The number of aliphatic imine (C=N–C) groups is 1. The van der Waals surface area contributed by atoms with Gasteiger partial charge in [-0.3, -0.25) is 10.7 Å². The molecule has 0 unspecified atom stereocenters. The number of nitrogens with zero attached hydrogens (tertiary/aromatic N) is 2.